The Labute approximate surface area is 178 Å². The van der Waals surface area contributed by atoms with Gasteiger partial charge in [-0.1, -0.05) is 13.8 Å². The Morgan fingerprint density at radius 3 is 2.03 bits per heavy atom. The smallest absolute Gasteiger partial charge is 0.408 e. The van der Waals surface area contributed by atoms with Crippen molar-refractivity contribution in [1.82, 2.24) is 16.0 Å². The van der Waals surface area contributed by atoms with Crippen LogP contribution in [0.5, 0.6) is 0 Å². The second-order valence-electron chi connectivity index (χ2n) is 9.40. The van der Waals surface area contributed by atoms with Gasteiger partial charge in [0.2, 0.25) is 11.8 Å². The lowest BCUT2D eigenvalue weighted by atomic mass is 9.81. The van der Waals surface area contributed by atoms with Crippen LogP contribution in [0.25, 0.3) is 0 Å². The summed E-state index contributed by atoms with van der Waals surface area (Å²) >= 11 is 0. The maximum atomic E-state index is 12.6. The molecule has 0 unspecified atom stereocenters. The molecule has 1 aliphatic rings. The van der Waals surface area contributed by atoms with E-state index in [9.17, 15) is 19.2 Å². The molecule has 3 amide bonds. The van der Waals surface area contributed by atoms with E-state index in [4.69, 9.17) is 9.84 Å². The first kappa shape index (κ1) is 25.7. The van der Waals surface area contributed by atoms with E-state index in [1.54, 1.807) is 20.8 Å². The van der Waals surface area contributed by atoms with Gasteiger partial charge in [0, 0.05) is 12.5 Å². The standard InChI is InChI=1S/C21H37N3O6/c1-12(2)16(24-20(29)30-21(4,5)6)18(26)22-11-14-7-9-15(10-8-14)17(25)23-13(3)19(27)28/h12-16H,7-11H2,1-6H3,(H,22,26)(H,23,25)(H,24,29)(H,27,28)/t13-,14?,15?,16-/m0/s1. The molecule has 0 aromatic heterocycles. The highest BCUT2D eigenvalue weighted by atomic mass is 16.6. The van der Waals surface area contributed by atoms with E-state index in [1.807, 2.05) is 13.8 Å². The molecule has 1 saturated carbocycles. The van der Waals surface area contributed by atoms with E-state index in [2.05, 4.69) is 16.0 Å². The van der Waals surface area contributed by atoms with Gasteiger partial charge in [0.1, 0.15) is 17.7 Å². The number of hydrogen-bond donors (Lipinski definition) is 4. The van der Waals surface area contributed by atoms with Crippen LogP contribution in [-0.4, -0.2) is 53.2 Å². The van der Waals surface area contributed by atoms with E-state index in [-0.39, 0.29) is 29.6 Å². The molecule has 9 nitrogen and oxygen atoms in total. The third-order valence-electron chi connectivity index (χ3n) is 5.13. The van der Waals surface area contributed by atoms with Gasteiger partial charge in [-0.25, -0.2) is 4.79 Å². The van der Waals surface area contributed by atoms with Crippen LogP contribution in [-0.2, 0) is 19.1 Å². The molecule has 0 aliphatic heterocycles. The molecule has 0 heterocycles. The molecule has 2 atom stereocenters. The second-order valence-corrected chi connectivity index (χ2v) is 9.40. The molecule has 9 heteroatoms. The molecule has 172 valence electrons. The van der Waals surface area contributed by atoms with E-state index in [0.29, 0.717) is 19.4 Å². The van der Waals surface area contributed by atoms with Gasteiger partial charge in [-0.15, -0.1) is 0 Å². The lowest BCUT2D eigenvalue weighted by Crippen LogP contribution is -2.51. The Bertz CT molecular complexity index is 621. The van der Waals surface area contributed by atoms with Crippen LogP contribution in [0.1, 0.15) is 67.2 Å². The first-order valence-electron chi connectivity index (χ1n) is 10.6. The van der Waals surface area contributed by atoms with Gasteiger partial charge in [-0.05, 0) is 65.2 Å². The van der Waals surface area contributed by atoms with Crippen LogP contribution in [0, 0.1) is 17.8 Å². The molecule has 30 heavy (non-hydrogen) atoms. The van der Waals surface area contributed by atoms with Gasteiger partial charge in [0.05, 0.1) is 0 Å². The maximum absolute atomic E-state index is 12.6. The minimum Gasteiger partial charge on any atom is -0.480 e. The summed E-state index contributed by atoms with van der Waals surface area (Å²) in [4.78, 5) is 47.6. The topological polar surface area (TPSA) is 134 Å². The second kappa shape index (κ2) is 11.2. The molecule has 1 fully saturated rings. The molecule has 1 rings (SSSR count). The van der Waals surface area contributed by atoms with Crippen LogP contribution in [0.3, 0.4) is 0 Å². The van der Waals surface area contributed by atoms with Gasteiger partial charge >= 0.3 is 12.1 Å². The molecular weight excluding hydrogens is 390 g/mol. The van der Waals surface area contributed by atoms with Crippen molar-refractivity contribution in [1.29, 1.82) is 0 Å². The van der Waals surface area contributed by atoms with Gasteiger partial charge in [0.25, 0.3) is 0 Å². The molecule has 0 radical (unpaired) electrons. The summed E-state index contributed by atoms with van der Waals surface area (Å²) in [7, 11) is 0. The van der Waals surface area contributed by atoms with Gasteiger partial charge < -0.3 is 25.8 Å². The van der Waals surface area contributed by atoms with Crippen molar-refractivity contribution in [3.63, 3.8) is 0 Å². The van der Waals surface area contributed by atoms with Crippen LogP contribution < -0.4 is 16.0 Å². The van der Waals surface area contributed by atoms with Crippen LogP contribution >= 0.6 is 0 Å². The predicted molar refractivity (Wildman–Crippen MR) is 112 cm³/mol. The highest BCUT2D eigenvalue weighted by Gasteiger charge is 2.30. The van der Waals surface area contributed by atoms with Crippen molar-refractivity contribution < 1.29 is 29.0 Å². The Balaban J connectivity index is 2.46. The van der Waals surface area contributed by atoms with Crippen molar-refractivity contribution in [2.24, 2.45) is 17.8 Å². The van der Waals surface area contributed by atoms with Crippen molar-refractivity contribution >= 4 is 23.9 Å². The Morgan fingerprint density at radius 1 is 1.00 bits per heavy atom. The zero-order valence-corrected chi connectivity index (χ0v) is 18.9. The number of alkyl carbamates (subject to hydrolysis) is 1. The van der Waals surface area contributed by atoms with E-state index in [0.717, 1.165) is 12.8 Å². The minimum absolute atomic E-state index is 0.104. The minimum atomic E-state index is -1.06. The van der Waals surface area contributed by atoms with Crippen molar-refractivity contribution in [2.45, 2.75) is 84.9 Å². The number of hydrogen-bond acceptors (Lipinski definition) is 5. The Morgan fingerprint density at radius 2 is 1.57 bits per heavy atom. The quantitative estimate of drug-likeness (QED) is 0.468. The van der Waals surface area contributed by atoms with E-state index >= 15 is 0 Å². The Kier molecular flexibility index (Phi) is 9.58. The average Bonchev–Trinajstić information content (AvgIpc) is 2.62. The predicted octanol–water partition coefficient (Wildman–Crippen LogP) is 2.05. The fraction of sp³-hybridized carbons (Fsp3) is 0.810. The highest BCUT2D eigenvalue weighted by molar-refractivity contribution is 5.86. The number of carboxylic acids is 1. The van der Waals surface area contributed by atoms with E-state index < -0.39 is 29.7 Å². The summed E-state index contributed by atoms with van der Waals surface area (Å²) in [6.45, 7) is 10.9. The summed E-state index contributed by atoms with van der Waals surface area (Å²) in [6, 6.07) is -1.60. The SMILES string of the molecule is CC(C)[C@H](NC(=O)OC(C)(C)C)C(=O)NCC1CCC(C(=O)N[C@@H](C)C(=O)O)CC1. The fourth-order valence-corrected chi connectivity index (χ4v) is 3.35. The number of carboxylic acid groups (broad SMARTS) is 1. The van der Waals surface area contributed by atoms with Gasteiger partial charge in [-0.3, -0.25) is 14.4 Å². The summed E-state index contributed by atoms with van der Waals surface area (Å²) in [6.07, 6.45) is 2.22. The number of rotatable bonds is 8. The summed E-state index contributed by atoms with van der Waals surface area (Å²) < 4.78 is 5.23. The summed E-state index contributed by atoms with van der Waals surface area (Å²) in [5, 5.41) is 17.0. The van der Waals surface area contributed by atoms with Crippen molar-refractivity contribution in [3.8, 4) is 0 Å². The molecule has 1 aliphatic carbocycles. The third kappa shape index (κ3) is 9.00. The zero-order chi connectivity index (χ0) is 23.1. The van der Waals surface area contributed by atoms with Crippen molar-refractivity contribution in [2.75, 3.05) is 6.54 Å². The zero-order valence-electron chi connectivity index (χ0n) is 18.9. The number of aliphatic carboxylic acids is 1. The lowest BCUT2D eigenvalue weighted by molar-refractivity contribution is -0.142. The average molecular weight is 428 g/mol. The van der Waals surface area contributed by atoms with Crippen LogP contribution in [0.2, 0.25) is 0 Å². The number of nitrogens with one attached hydrogen (secondary N) is 3. The van der Waals surface area contributed by atoms with Crippen LogP contribution in [0.15, 0.2) is 0 Å². The first-order valence-corrected chi connectivity index (χ1v) is 10.6. The molecule has 0 bridgehead atoms. The summed E-state index contributed by atoms with van der Waals surface area (Å²) in [5.74, 6) is -1.60. The number of ether oxygens (including phenoxy) is 1. The van der Waals surface area contributed by atoms with Crippen LogP contribution in [0.4, 0.5) is 4.79 Å². The summed E-state index contributed by atoms with van der Waals surface area (Å²) in [5.41, 5.74) is -0.644. The fourth-order valence-electron chi connectivity index (χ4n) is 3.35. The number of amides is 3. The van der Waals surface area contributed by atoms with Gasteiger partial charge in [0.15, 0.2) is 0 Å². The third-order valence-corrected chi connectivity index (χ3v) is 5.13. The normalized spacial score (nSPS) is 21.3. The molecule has 0 aromatic rings. The molecule has 0 spiro atoms. The molecule has 0 aromatic carbocycles. The molecule has 0 saturated heterocycles. The lowest BCUT2D eigenvalue weighted by Gasteiger charge is -2.29. The monoisotopic (exact) mass is 427 g/mol. The molecule has 4 N–H and O–H groups in total. The first-order chi connectivity index (χ1) is 13.8. The maximum Gasteiger partial charge on any atom is 0.408 e. The van der Waals surface area contributed by atoms with E-state index in [1.165, 1.54) is 6.92 Å². The number of carbonyl (C=O) groups excluding carboxylic acids is 3. The molecular formula is C21H37N3O6. The van der Waals surface area contributed by atoms with Crippen molar-refractivity contribution in [3.05, 3.63) is 0 Å². The highest BCUT2D eigenvalue weighted by Crippen LogP contribution is 2.28. The van der Waals surface area contributed by atoms with Gasteiger partial charge in [-0.2, -0.15) is 0 Å². The largest absolute Gasteiger partial charge is 0.480 e. The number of carbonyl (C=O) groups is 4. The Hall–Kier alpha value is -2.32.